The van der Waals surface area contributed by atoms with Crippen molar-refractivity contribution in [3.63, 3.8) is 0 Å². The number of aromatic nitrogens is 1. The molecule has 0 unspecified atom stereocenters. The van der Waals surface area contributed by atoms with Gasteiger partial charge >= 0.3 is 11.7 Å². The predicted molar refractivity (Wildman–Crippen MR) is 153 cm³/mol. The highest BCUT2D eigenvalue weighted by Crippen LogP contribution is 2.34. The van der Waals surface area contributed by atoms with Gasteiger partial charge in [-0.25, -0.2) is 9.79 Å². The highest BCUT2D eigenvalue weighted by Gasteiger charge is 2.33. The van der Waals surface area contributed by atoms with Gasteiger partial charge in [-0.15, -0.1) is 0 Å². The van der Waals surface area contributed by atoms with E-state index in [1.54, 1.807) is 44.2 Å². The van der Waals surface area contributed by atoms with Crippen LogP contribution in [0.3, 0.4) is 0 Å². The van der Waals surface area contributed by atoms with Crippen LogP contribution in [0.2, 0.25) is 0 Å². The first-order valence-corrected chi connectivity index (χ1v) is 13.4. The summed E-state index contributed by atoms with van der Waals surface area (Å²) in [6.45, 7) is 3.61. The van der Waals surface area contributed by atoms with E-state index >= 15 is 0 Å². The zero-order valence-corrected chi connectivity index (χ0v) is 23.1. The lowest BCUT2D eigenvalue weighted by Gasteiger charge is -2.24. The quantitative estimate of drug-likeness (QED) is 0.167. The number of hydrogen-bond donors (Lipinski definition) is 0. The van der Waals surface area contributed by atoms with Crippen molar-refractivity contribution in [3.05, 3.63) is 135 Å². The normalized spacial score (nSPS) is 14.6. The molecule has 13 heteroatoms. The zero-order valence-electron chi connectivity index (χ0n) is 22.3. The van der Waals surface area contributed by atoms with Crippen LogP contribution >= 0.6 is 11.3 Å². The van der Waals surface area contributed by atoms with Gasteiger partial charge in [-0.3, -0.25) is 29.6 Å². The summed E-state index contributed by atoms with van der Waals surface area (Å²) in [5.74, 6) is -0.435. The number of nitro benzene ring substituents is 2. The van der Waals surface area contributed by atoms with Crippen LogP contribution in [0.25, 0.3) is 6.08 Å². The Bertz CT molecular complexity index is 1930. The minimum Gasteiger partial charge on any atom is -0.463 e. The molecule has 1 aliphatic heterocycles. The molecule has 4 aromatic rings. The van der Waals surface area contributed by atoms with Gasteiger partial charge in [0.15, 0.2) is 4.80 Å². The number of ether oxygens (including phenoxy) is 2. The van der Waals surface area contributed by atoms with Crippen LogP contribution in [0.4, 0.5) is 11.4 Å². The van der Waals surface area contributed by atoms with Gasteiger partial charge in [0.25, 0.3) is 11.2 Å². The first-order valence-electron chi connectivity index (χ1n) is 12.6. The molecule has 5 rings (SSSR count). The van der Waals surface area contributed by atoms with Crippen LogP contribution in [-0.4, -0.2) is 27.0 Å². The van der Waals surface area contributed by atoms with Crippen LogP contribution < -0.4 is 19.6 Å². The van der Waals surface area contributed by atoms with E-state index in [1.807, 2.05) is 30.3 Å². The molecule has 2 heterocycles. The van der Waals surface area contributed by atoms with E-state index in [2.05, 4.69) is 4.99 Å². The van der Waals surface area contributed by atoms with Crippen LogP contribution in [0.5, 0.6) is 11.5 Å². The molecular formula is C29H22N4O8S. The lowest BCUT2D eigenvalue weighted by molar-refractivity contribution is -0.394. The smallest absolute Gasteiger partial charge is 0.338 e. The molecule has 0 radical (unpaired) electrons. The Labute approximate surface area is 241 Å². The topological polar surface area (TPSA) is 156 Å². The minimum atomic E-state index is -0.756. The van der Waals surface area contributed by atoms with Crippen molar-refractivity contribution in [2.45, 2.75) is 19.9 Å². The van der Waals surface area contributed by atoms with Crippen molar-refractivity contribution < 1.29 is 24.1 Å². The average molecular weight is 587 g/mol. The summed E-state index contributed by atoms with van der Waals surface area (Å²) in [6, 6.07) is 18.0. The van der Waals surface area contributed by atoms with Gasteiger partial charge < -0.3 is 9.47 Å². The van der Waals surface area contributed by atoms with Crippen molar-refractivity contribution in [1.29, 1.82) is 0 Å². The number of nitrogens with zero attached hydrogens (tertiary/aromatic N) is 4. The third-order valence-corrected chi connectivity index (χ3v) is 7.37. The number of allylic oxidation sites excluding steroid dienone is 1. The standard InChI is InChI=1S/C29H22N4O8S/c1-3-40-28(35)25-17(2)30-29-31(26(25)19-7-5-4-6-8-19)27(34)24(42-29)15-18-9-12-21(13-10-18)41-23-14-11-20(32(36)37)16-22(23)33(38)39/h4-16,26H,3H2,1-2H3/b24-15-/t26-/m1/s1. The number of rotatable bonds is 8. The molecule has 0 bridgehead atoms. The van der Waals surface area contributed by atoms with Crippen molar-refractivity contribution in [2.75, 3.05) is 6.61 Å². The van der Waals surface area contributed by atoms with Crippen LogP contribution in [-0.2, 0) is 9.53 Å². The van der Waals surface area contributed by atoms with E-state index in [0.29, 0.717) is 26.2 Å². The monoisotopic (exact) mass is 586 g/mol. The largest absolute Gasteiger partial charge is 0.463 e. The maximum absolute atomic E-state index is 13.7. The fourth-order valence-electron chi connectivity index (χ4n) is 4.50. The van der Waals surface area contributed by atoms with E-state index in [4.69, 9.17) is 9.47 Å². The summed E-state index contributed by atoms with van der Waals surface area (Å²) in [7, 11) is 0. The number of non-ortho nitro benzene ring substituents is 1. The lowest BCUT2D eigenvalue weighted by atomic mass is 9.96. The highest BCUT2D eigenvalue weighted by molar-refractivity contribution is 7.07. The molecule has 42 heavy (non-hydrogen) atoms. The van der Waals surface area contributed by atoms with E-state index in [0.717, 1.165) is 17.7 Å². The third-order valence-electron chi connectivity index (χ3n) is 6.39. The lowest BCUT2D eigenvalue weighted by Crippen LogP contribution is -2.39. The second-order valence-corrected chi connectivity index (χ2v) is 10.1. The number of hydrogen-bond acceptors (Lipinski definition) is 10. The van der Waals surface area contributed by atoms with Crippen molar-refractivity contribution >= 4 is 34.8 Å². The van der Waals surface area contributed by atoms with E-state index in [9.17, 15) is 29.8 Å². The average Bonchev–Trinajstić information content (AvgIpc) is 3.27. The third kappa shape index (κ3) is 5.45. The number of carbonyl (C=O) groups is 1. The molecule has 0 amide bonds. The predicted octanol–water partition coefficient (Wildman–Crippen LogP) is 4.41. The first kappa shape index (κ1) is 28.1. The number of nitro groups is 2. The summed E-state index contributed by atoms with van der Waals surface area (Å²) in [4.78, 5) is 52.5. The molecule has 0 fully saturated rings. The summed E-state index contributed by atoms with van der Waals surface area (Å²) >= 11 is 1.18. The maximum atomic E-state index is 13.7. The van der Waals surface area contributed by atoms with Gasteiger partial charge in [0.05, 0.1) is 44.4 Å². The molecule has 0 spiro atoms. The zero-order chi connectivity index (χ0) is 30.0. The van der Waals surface area contributed by atoms with Crippen molar-refractivity contribution in [3.8, 4) is 11.5 Å². The van der Waals surface area contributed by atoms with Gasteiger partial charge in [0.1, 0.15) is 5.75 Å². The first-order chi connectivity index (χ1) is 20.2. The number of benzene rings is 3. The van der Waals surface area contributed by atoms with Gasteiger partial charge in [0, 0.05) is 6.07 Å². The molecule has 0 saturated carbocycles. The second kappa shape index (κ2) is 11.6. The molecule has 12 nitrogen and oxygen atoms in total. The number of fused-ring (bicyclic) bond motifs is 1. The van der Waals surface area contributed by atoms with E-state index in [-0.39, 0.29) is 23.7 Å². The van der Waals surface area contributed by atoms with Crippen molar-refractivity contribution in [1.82, 2.24) is 4.57 Å². The Kier molecular flexibility index (Phi) is 7.76. The molecule has 1 aromatic heterocycles. The fraction of sp³-hybridized carbons (Fsp3) is 0.138. The van der Waals surface area contributed by atoms with Crippen molar-refractivity contribution in [2.24, 2.45) is 4.99 Å². The summed E-state index contributed by atoms with van der Waals surface area (Å²) in [5, 5.41) is 22.4. The minimum absolute atomic E-state index is 0.152. The number of carbonyl (C=O) groups excluding carboxylic acids is 1. The maximum Gasteiger partial charge on any atom is 0.338 e. The highest BCUT2D eigenvalue weighted by atomic mass is 32.1. The van der Waals surface area contributed by atoms with E-state index in [1.165, 1.54) is 22.0 Å². The van der Waals surface area contributed by atoms with Crippen LogP contribution in [0.15, 0.2) is 93.9 Å². The Morgan fingerprint density at radius 3 is 2.40 bits per heavy atom. The molecule has 0 aliphatic carbocycles. The SMILES string of the molecule is CCOC(=O)C1=C(C)N=c2s/c(=C\c3ccc(Oc4ccc([N+](=O)[O-])cc4[N+](=O)[O-])cc3)c(=O)n2[C@@H]1c1ccccc1. The van der Waals surface area contributed by atoms with Gasteiger partial charge in [0.2, 0.25) is 5.75 Å². The Morgan fingerprint density at radius 1 is 1.05 bits per heavy atom. The molecule has 0 saturated heterocycles. The molecular weight excluding hydrogens is 564 g/mol. The van der Waals surface area contributed by atoms with Crippen LogP contribution in [0, 0.1) is 20.2 Å². The Morgan fingerprint density at radius 2 is 1.76 bits per heavy atom. The summed E-state index contributed by atoms with van der Waals surface area (Å²) < 4.78 is 12.8. The van der Waals surface area contributed by atoms with E-state index < -0.39 is 33.2 Å². The molecule has 0 N–H and O–H groups in total. The Balaban J connectivity index is 1.50. The number of esters is 1. The molecule has 3 aromatic carbocycles. The summed E-state index contributed by atoms with van der Waals surface area (Å²) in [5.41, 5.74) is 0.849. The Hall–Kier alpha value is -5.43. The van der Waals surface area contributed by atoms with Crippen LogP contribution in [0.1, 0.15) is 31.0 Å². The molecule has 1 atom stereocenters. The molecule has 212 valence electrons. The fourth-order valence-corrected chi connectivity index (χ4v) is 5.55. The van der Waals surface area contributed by atoms with Gasteiger partial charge in [-0.05, 0) is 49.2 Å². The number of thiazole rings is 1. The second-order valence-electron chi connectivity index (χ2n) is 9.05. The van der Waals surface area contributed by atoms with Gasteiger partial charge in [-0.2, -0.15) is 0 Å². The molecule has 1 aliphatic rings. The van der Waals surface area contributed by atoms with Gasteiger partial charge in [-0.1, -0.05) is 53.8 Å². The summed E-state index contributed by atoms with van der Waals surface area (Å²) in [6.07, 6.45) is 1.67.